The molecular formula is C17H12FNO2. The van der Waals surface area contributed by atoms with E-state index in [1.54, 1.807) is 6.07 Å². The van der Waals surface area contributed by atoms with Gasteiger partial charge in [-0.3, -0.25) is 4.79 Å². The minimum Gasteiger partial charge on any atom is -0.508 e. The molecular weight excluding hydrogens is 269 g/mol. The van der Waals surface area contributed by atoms with E-state index in [0.717, 1.165) is 16.8 Å². The maximum absolute atomic E-state index is 13.7. The number of nitrogens with one attached hydrogen (secondary N) is 1. The SMILES string of the molecule is O=C(Nc1cccc2ccccc12)c1ccc(O)cc1F. The first-order valence-electron chi connectivity index (χ1n) is 6.43. The number of hydrogen-bond donors (Lipinski definition) is 2. The maximum atomic E-state index is 13.7. The second-order valence-electron chi connectivity index (χ2n) is 4.64. The van der Waals surface area contributed by atoms with E-state index < -0.39 is 11.7 Å². The Kier molecular flexibility index (Phi) is 3.28. The van der Waals surface area contributed by atoms with Crippen molar-refractivity contribution in [1.82, 2.24) is 0 Å². The van der Waals surface area contributed by atoms with Gasteiger partial charge in [-0.2, -0.15) is 0 Å². The number of halogens is 1. The molecule has 3 aromatic carbocycles. The van der Waals surface area contributed by atoms with E-state index in [1.165, 1.54) is 12.1 Å². The lowest BCUT2D eigenvalue weighted by Crippen LogP contribution is -2.13. The molecule has 0 aromatic heterocycles. The van der Waals surface area contributed by atoms with Crippen LogP contribution < -0.4 is 5.32 Å². The monoisotopic (exact) mass is 281 g/mol. The Morgan fingerprint density at radius 3 is 2.57 bits per heavy atom. The van der Waals surface area contributed by atoms with Crippen molar-refractivity contribution in [1.29, 1.82) is 0 Å². The summed E-state index contributed by atoms with van der Waals surface area (Å²) in [4.78, 5) is 12.2. The highest BCUT2D eigenvalue weighted by Gasteiger charge is 2.13. The molecule has 0 unspecified atom stereocenters. The third-order valence-corrected chi connectivity index (χ3v) is 3.24. The number of rotatable bonds is 2. The molecule has 3 rings (SSSR count). The predicted molar refractivity (Wildman–Crippen MR) is 80.0 cm³/mol. The van der Waals surface area contributed by atoms with Gasteiger partial charge in [-0.05, 0) is 23.6 Å². The Bertz CT molecular complexity index is 825. The minimum atomic E-state index is -0.757. The Labute approximate surface area is 120 Å². The smallest absolute Gasteiger partial charge is 0.258 e. The number of carbonyl (C=O) groups excluding carboxylic acids is 1. The van der Waals surface area contributed by atoms with Gasteiger partial charge in [0.05, 0.1) is 5.56 Å². The summed E-state index contributed by atoms with van der Waals surface area (Å²) in [7, 11) is 0. The zero-order chi connectivity index (χ0) is 14.8. The van der Waals surface area contributed by atoms with Crippen LogP contribution in [0.25, 0.3) is 10.8 Å². The van der Waals surface area contributed by atoms with E-state index in [2.05, 4.69) is 5.32 Å². The molecule has 0 radical (unpaired) electrons. The minimum absolute atomic E-state index is 0.110. The van der Waals surface area contributed by atoms with Gasteiger partial charge in [-0.1, -0.05) is 36.4 Å². The van der Waals surface area contributed by atoms with E-state index >= 15 is 0 Å². The molecule has 0 fully saturated rings. The van der Waals surface area contributed by atoms with Crippen molar-refractivity contribution < 1.29 is 14.3 Å². The lowest BCUT2D eigenvalue weighted by molar-refractivity contribution is 0.102. The number of hydrogen-bond acceptors (Lipinski definition) is 2. The standard InChI is InChI=1S/C17H12FNO2/c18-15-10-12(20)8-9-14(15)17(21)19-16-7-3-5-11-4-1-2-6-13(11)16/h1-10,20H,(H,19,21). The zero-order valence-corrected chi connectivity index (χ0v) is 11.0. The van der Waals surface area contributed by atoms with Gasteiger partial charge in [0.15, 0.2) is 0 Å². The summed E-state index contributed by atoms with van der Waals surface area (Å²) in [5.41, 5.74) is 0.506. The normalized spacial score (nSPS) is 10.5. The highest BCUT2D eigenvalue weighted by Crippen LogP contribution is 2.24. The van der Waals surface area contributed by atoms with Crippen LogP contribution in [0.3, 0.4) is 0 Å². The first kappa shape index (κ1) is 13.1. The second-order valence-corrected chi connectivity index (χ2v) is 4.64. The van der Waals surface area contributed by atoms with Crippen LogP contribution in [0, 0.1) is 5.82 Å². The van der Waals surface area contributed by atoms with Gasteiger partial charge in [0.1, 0.15) is 11.6 Å². The number of phenolic OH excluding ortho intramolecular Hbond substituents is 1. The highest BCUT2D eigenvalue weighted by atomic mass is 19.1. The van der Waals surface area contributed by atoms with Gasteiger partial charge in [0.2, 0.25) is 0 Å². The molecule has 2 N–H and O–H groups in total. The molecule has 0 aliphatic carbocycles. The number of fused-ring (bicyclic) bond motifs is 1. The lowest BCUT2D eigenvalue weighted by atomic mass is 10.1. The Balaban J connectivity index is 1.97. The van der Waals surface area contributed by atoms with Crippen molar-refractivity contribution in [3.8, 4) is 5.75 Å². The summed E-state index contributed by atoms with van der Waals surface area (Å²) in [6.07, 6.45) is 0. The van der Waals surface area contributed by atoms with Gasteiger partial charge in [-0.15, -0.1) is 0 Å². The molecule has 0 spiro atoms. The average Bonchev–Trinajstić information content (AvgIpc) is 2.47. The van der Waals surface area contributed by atoms with Crippen molar-refractivity contribution >= 4 is 22.4 Å². The summed E-state index contributed by atoms with van der Waals surface area (Å²) in [6.45, 7) is 0. The fraction of sp³-hybridized carbons (Fsp3) is 0. The predicted octanol–water partition coefficient (Wildman–Crippen LogP) is 3.94. The second kappa shape index (κ2) is 5.25. The van der Waals surface area contributed by atoms with E-state index in [1.807, 2.05) is 36.4 Å². The van der Waals surface area contributed by atoms with E-state index in [0.29, 0.717) is 5.69 Å². The number of anilines is 1. The molecule has 3 nitrogen and oxygen atoms in total. The van der Waals surface area contributed by atoms with Crippen molar-refractivity contribution in [2.75, 3.05) is 5.32 Å². The summed E-state index contributed by atoms with van der Waals surface area (Å²) in [5, 5.41) is 13.7. The number of benzene rings is 3. The van der Waals surface area contributed by atoms with Gasteiger partial charge in [-0.25, -0.2) is 4.39 Å². The summed E-state index contributed by atoms with van der Waals surface area (Å²) in [5.74, 6) is -1.52. The molecule has 1 amide bonds. The summed E-state index contributed by atoms with van der Waals surface area (Å²) < 4.78 is 13.7. The van der Waals surface area contributed by atoms with Crippen LogP contribution >= 0.6 is 0 Å². The molecule has 0 saturated heterocycles. The van der Waals surface area contributed by atoms with Crippen molar-refractivity contribution in [3.05, 3.63) is 72.0 Å². The number of carbonyl (C=O) groups is 1. The average molecular weight is 281 g/mol. The lowest BCUT2D eigenvalue weighted by Gasteiger charge is -2.09. The number of amides is 1. The zero-order valence-electron chi connectivity index (χ0n) is 11.0. The molecule has 0 aliphatic rings. The fourth-order valence-corrected chi connectivity index (χ4v) is 2.21. The van der Waals surface area contributed by atoms with E-state index in [-0.39, 0.29) is 11.3 Å². The Hall–Kier alpha value is -2.88. The number of aromatic hydroxyl groups is 1. The van der Waals surface area contributed by atoms with Crippen LogP contribution in [-0.2, 0) is 0 Å². The van der Waals surface area contributed by atoms with Crippen molar-refractivity contribution in [2.24, 2.45) is 0 Å². The van der Waals surface area contributed by atoms with E-state index in [4.69, 9.17) is 0 Å². The molecule has 0 saturated carbocycles. The fourth-order valence-electron chi connectivity index (χ4n) is 2.21. The Morgan fingerprint density at radius 2 is 1.76 bits per heavy atom. The molecule has 21 heavy (non-hydrogen) atoms. The van der Waals surface area contributed by atoms with E-state index in [9.17, 15) is 14.3 Å². The quantitative estimate of drug-likeness (QED) is 0.747. The van der Waals surface area contributed by atoms with Gasteiger partial charge < -0.3 is 10.4 Å². The van der Waals surface area contributed by atoms with Crippen molar-refractivity contribution in [2.45, 2.75) is 0 Å². The largest absolute Gasteiger partial charge is 0.508 e. The van der Waals surface area contributed by atoms with Crippen LogP contribution in [0.4, 0.5) is 10.1 Å². The van der Waals surface area contributed by atoms with Crippen LogP contribution in [0.5, 0.6) is 5.75 Å². The summed E-state index contributed by atoms with van der Waals surface area (Å²) >= 11 is 0. The van der Waals surface area contributed by atoms with Gasteiger partial charge in [0.25, 0.3) is 5.91 Å². The first-order valence-corrected chi connectivity index (χ1v) is 6.43. The third-order valence-electron chi connectivity index (χ3n) is 3.24. The first-order chi connectivity index (χ1) is 10.1. The molecule has 3 aromatic rings. The topological polar surface area (TPSA) is 49.3 Å². The molecule has 104 valence electrons. The summed E-state index contributed by atoms with van der Waals surface area (Å²) in [6, 6.07) is 16.6. The molecule has 4 heteroatoms. The van der Waals surface area contributed by atoms with Crippen molar-refractivity contribution in [3.63, 3.8) is 0 Å². The van der Waals surface area contributed by atoms with Gasteiger partial charge >= 0.3 is 0 Å². The Morgan fingerprint density at radius 1 is 1.00 bits per heavy atom. The van der Waals surface area contributed by atoms with Crippen LogP contribution in [0.15, 0.2) is 60.7 Å². The maximum Gasteiger partial charge on any atom is 0.258 e. The molecule has 0 bridgehead atoms. The van der Waals surface area contributed by atoms with Gasteiger partial charge in [0, 0.05) is 17.1 Å². The highest BCUT2D eigenvalue weighted by molar-refractivity contribution is 6.09. The van der Waals surface area contributed by atoms with Crippen LogP contribution in [-0.4, -0.2) is 11.0 Å². The molecule has 0 aliphatic heterocycles. The van der Waals surface area contributed by atoms with Crippen LogP contribution in [0.2, 0.25) is 0 Å². The third kappa shape index (κ3) is 2.56. The number of phenols is 1. The van der Waals surface area contributed by atoms with Crippen LogP contribution in [0.1, 0.15) is 10.4 Å². The molecule has 0 heterocycles. The molecule has 0 atom stereocenters.